The molecule has 1 aromatic heterocycles. The van der Waals surface area contributed by atoms with Gasteiger partial charge in [0.15, 0.2) is 0 Å². The van der Waals surface area contributed by atoms with Crippen molar-refractivity contribution >= 4 is 23.3 Å². The van der Waals surface area contributed by atoms with Crippen LogP contribution in [0.25, 0.3) is 27.7 Å². The van der Waals surface area contributed by atoms with Crippen LogP contribution in [0, 0.1) is 25.2 Å². The molecule has 1 aliphatic heterocycles. The Balaban J connectivity index is 1.21. The van der Waals surface area contributed by atoms with E-state index in [1.54, 1.807) is 17.0 Å². The summed E-state index contributed by atoms with van der Waals surface area (Å²) in [7, 11) is 0. The molecule has 1 saturated heterocycles. The minimum atomic E-state index is -1.12. The monoisotopic (exact) mass is 553 g/mol. The number of carbonyl (C=O) groups excluding carboxylic acids is 1. The van der Waals surface area contributed by atoms with Gasteiger partial charge in [-0.25, -0.2) is 9.24 Å². The summed E-state index contributed by atoms with van der Waals surface area (Å²) in [6, 6.07) is 19.2. The highest BCUT2D eigenvalue weighted by Gasteiger charge is 2.28. The van der Waals surface area contributed by atoms with Crippen LogP contribution in [0.4, 0.5) is 15.8 Å². The summed E-state index contributed by atoms with van der Waals surface area (Å²) < 4.78 is 20.4. The Morgan fingerprint density at radius 1 is 1.07 bits per heavy atom. The number of para-hydroxylation sites is 2. The van der Waals surface area contributed by atoms with Gasteiger partial charge in [0.25, 0.3) is 5.89 Å². The second-order valence-corrected chi connectivity index (χ2v) is 10.0. The molecule has 1 atom stereocenters. The molecular formula is C31H28FN5O4. The molecule has 2 heterocycles. The van der Waals surface area contributed by atoms with E-state index in [1.165, 1.54) is 12.1 Å². The van der Waals surface area contributed by atoms with E-state index in [4.69, 9.17) is 11.1 Å². The predicted octanol–water partition coefficient (Wildman–Crippen LogP) is 5.38. The number of carboxylic acids is 1. The van der Waals surface area contributed by atoms with Gasteiger partial charge in [-0.05, 0) is 49.2 Å². The zero-order valence-electron chi connectivity index (χ0n) is 22.5. The minimum absolute atomic E-state index is 0.00250. The number of benzene rings is 3. The Hall–Kier alpha value is -5.04. The number of nitrogens with zero attached hydrogens (tertiary/aromatic N) is 5. The van der Waals surface area contributed by atoms with E-state index in [9.17, 15) is 14.7 Å². The van der Waals surface area contributed by atoms with Crippen molar-refractivity contribution in [2.75, 3.05) is 31.1 Å². The third-order valence-corrected chi connectivity index (χ3v) is 7.23. The van der Waals surface area contributed by atoms with Crippen molar-refractivity contribution in [2.24, 2.45) is 5.92 Å². The summed E-state index contributed by atoms with van der Waals surface area (Å²) in [5.74, 6) is -2.63. The molecule has 1 aliphatic rings. The van der Waals surface area contributed by atoms with Gasteiger partial charge < -0.3 is 19.4 Å². The fourth-order valence-corrected chi connectivity index (χ4v) is 4.91. The molecule has 1 fully saturated rings. The van der Waals surface area contributed by atoms with Crippen LogP contribution in [-0.2, 0) is 16.0 Å². The van der Waals surface area contributed by atoms with E-state index in [1.807, 2.05) is 49.4 Å². The van der Waals surface area contributed by atoms with Crippen molar-refractivity contribution in [3.05, 3.63) is 95.1 Å². The van der Waals surface area contributed by atoms with Gasteiger partial charge in [0.2, 0.25) is 17.4 Å². The molecule has 1 amide bonds. The number of aromatic nitrogens is 2. The fourth-order valence-electron chi connectivity index (χ4n) is 4.91. The maximum atomic E-state index is 15.1. The first-order valence-corrected chi connectivity index (χ1v) is 13.2. The lowest BCUT2D eigenvalue weighted by Crippen LogP contribution is -2.49. The first-order valence-electron chi connectivity index (χ1n) is 13.2. The van der Waals surface area contributed by atoms with Crippen molar-refractivity contribution in [2.45, 2.75) is 19.8 Å². The zero-order chi connectivity index (χ0) is 28.9. The highest BCUT2D eigenvalue weighted by Crippen LogP contribution is 2.30. The molecule has 0 radical (unpaired) electrons. The molecule has 4 aromatic rings. The second-order valence-electron chi connectivity index (χ2n) is 10.0. The number of hydrogen-bond donors (Lipinski definition) is 1. The quantitative estimate of drug-likeness (QED) is 0.292. The molecule has 0 bridgehead atoms. The highest BCUT2D eigenvalue weighted by molar-refractivity contribution is 5.83. The summed E-state index contributed by atoms with van der Waals surface area (Å²) in [4.78, 5) is 36.6. The second kappa shape index (κ2) is 12.0. The van der Waals surface area contributed by atoms with Gasteiger partial charge in [0, 0.05) is 43.9 Å². The molecule has 9 nitrogen and oxygen atoms in total. The van der Waals surface area contributed by atoms with E-state index in [0.717, 1.165) is 16.8 Å². The normalized spacial score (nSPS) is 14.0. The molecule has 41 heavy (non-hydrogen) atoms. The number of carbonyl (C=O) groups is 2. The average Bonchev–Trinajstić information content (AvgIpc) is 3.47. The van der Waals surface area contributed by atoms with Crippen LogP contribution >= 0.6 is 0 Å². The lowest BCUT2D eigenvalue weighted by atomic mass is 9.94. The van der Waals surface area contributed by atoms with Crippen molar-refractivity contribution in [1.29, 1.82) is 0 Å². The summed E-state index contributed by atoms with van der Waals surface area (Å²) in [6.07, 6.45) is -0.195. The standard InChI is InChI=1S/C31H28FN5O4/c1-20-7-10-22(11-8-20)30-34-29(35-41-30)24-12-9-21(18-25(24)32)17-23(31(39)40)19-28(38)37-15-13-36(14-16-37)27-6-4-3-5-26(27)33-2/h3-12,18,23H,13-17,19H2,1H3,(H,39,40). The number of rotatable bonds is 8. The number of anilines is 1. The first kappa shape index (κ1) is 27.5. The topological polar surface area (TPSA) is 104 Å². The van der Waals surface area contributed by atoms with Crippen LogP contribution in [0.2, 0.25) is 0 Å². The fraction of sp³-hybridized carbons (Fsp3) is 0.258. The zero-order valence-corrected chi connectivity index (χ0v) is 22.5. The molecule has 1 unspecified atom stereocenters. The van der Waals surface area contributed by atoms with E-state index in [2.05, 4.69) is 19.9 Å². The molecule has 10 heteroatoms. The number of piperazine rings is 1. The molecule has 3 aromatic carbocycles. The van der Waals surface area contributed by atoms with Gasteiger partial charge >= 0.3 is 5.97 Å². The van der Waals surface area contributed by atoms with Gasteiger partial charge in [0.05, 0.1) is 18.1 Å². The van der Waals surface area contributed by atoms with Crippen LogP contribution in [0.3, 0.4) is 0 Å². The van der Waals surface area contributed by atoms with Gasteiger partial charge in [-0.2, -0.15) is 4.98 Å². The predicted molar refractivity (Wildman–Crippen MR) is 151 cm³/mol. The number of aliphatic carboxylic acids is 1. The van der Waals surface area contributed by atoms with Gasteiger partial charge in [-0.1, -0.05) is 47.1 Å². The molecular weight excluding hydrogens is 525 g/mol. The lowest BCUT2D eigenvalue weighted by molar-refractivity contribution is -0.146. The van der Waals surface area contributed by atoms with Crippen LogP contribution in [0.5, 0.6) is 0 Å². The number of amides is 1. The average molecular weight is 554 g/mol. The van der Waals surface area contributed by atoms with Crippen LogP contribution in [0.1, 0.15) is 17.5 Å². The highest BCUT2D eigenvalue weighted by atomic mass is 19.1. The molecule has 0 saturated carbocycles. The van der Waals surface area contributed by atoms with E-state index >= 15 is 4.39 Å². The Morgan fingerprint density at radius 3 is 2.49 bits per heavy atom. The maximum absolute atomic E-state index is 15.1. The number of hydrogen-bond acceptors (Lipinski definition) is 6. The third-order valence-electron chi connectivity index (χ3n) is 7.23. The summed E-state index contributed by atoms with van der Waals surface area (Å²) in [5, 5.41) is 13.7. The molecule has 1 N–H and O–H groups in total. The van der Waals surface area contributed by atoms with E-state index < -0.39 is 17.7 Å². The number of carboxylic acid groups (broad SMARTS) is 1. The Kier molecular flexibility index (Phi) is 8.06. The SMILES string of the molecule is [C-]#[N+]c1ccccc1N1CCN(C(=O)CC(Cc2ccc(-c3noc(-c4ccc(C)cc4)n3)c(F)c2)C(=O)O)CC1. The summed E-state index contributed by atoms with van der Waals surface area (Å²) in [5.41, 5.74) is 3.78. The lowest BCUT2D eigenvalue weighted by Gasteiger charge is -2.37. The summed E-state index contributed by atoms with van der Waals surface area (Å²) in [6.45, 7) is 11.3. The van der Waals surface area contributed by atoms with Crippen molar-refractivity contribution in [1.82, 2.24) is 15.0 Å². The van der Waals surface area contributed by atoms with Gasteiger partial charge in [-0.3, -0.25) is 9.59 Å². The van der Waals surface area contributed by atoms with Gasteiger partial charge in [0.1, 0.15) is 5.82 Å². The van der Waals surface area contributed by atoms with Crippen LogP contribution < -0.4 is 4.90 Å². The largest absolute Gasteiger partial charge is 0.481 e. The van der Waals surface area contributed by atoms with Crippen molar-refractivity contribution in [3.63, 3.8) is 0 Å². The third kappa shape index (κ3) is 6.25. The molecule has 0 spiro atoms. The number of aryl methyl sites for hydroxylation is 1. The summed E-state index contributed by atoms with van der Waals surface area (Å²) >= 11 is 0. The van der Waals surface area contributed by atoms with Crippen molar-refractivity contribution in [3.8, 4) is 22.8 Å². The maximum Gasteiger partial charge on any atom is 0.307 e. The van der Waals surface area contributed by atoms with E-state index in [-0.39, 0.29) is 36.0 Å². The Bertz CT molecular complexity index is 1600. The molecule has 0 aliphatic carbocycles. The number of halogens is 1. The Labute approximate surface area is 236 Å². The van der Waals surface area contributed by atoms with Crippen molar-refractivity contribution < 1.29 is 23.6 Å². The molecule has 5 rings (SSSR count). The van der Waals surface area contributed by atoms with Gasteiger partial charge in [-0.15, -0.1) is 0 Å². The first-order chi connectivity index (χ1) is 19.8. The smallest absolute Gasteiger partial charge is 0.307 e. The van der Waals surface area contributed by atoms with Crippen LogP contribution in [-0.4, -0.2) is 58.2 Å². The Morgan fingerprint density at radius 2 is 1.80 bits per heavy atom. The minimum Gasteiger partial charge on any atom is -0.481 e. The van der Waals surface area contributed by atoms with E-state index in [0.29, 0.717) is 37.4 Å². The molecule has 208 valence electrons. The van der Waals surface area contributed by atoms with Crippen LogP contribution in [0.15, 0.2) is 71.3 Å².